The first-order valence-corrected chi connectivity index (χ1v) is 8.54. The fraction of sp³-hybridized carbons (Fsp3) is 0.500. The molecule has 8 heteroatoms. The number of nitrogens with one attached hydrogen (secondary N) is 1. The quantitative estimate of drug-likeness (QED) is 0.833. The topological polar surface area (TPSA) is 72.2 Å². The van der Waals surface area contributed by atoms with Crippen molar-refractivity contribution in [3.05, 3.63) is 16.5 Å². The van der Waals surface area contributed by atoms with Crippen LogP contribution in [0, 0.1) is 0 Å². The number of hydrogen-bond acceptors (Lipinski definition) is 4. The molecule has 1 fully saturated rings. The molecule has 4 nitrogen and oxygen atoms in total. The Kier molecular flexibility index (Phi) is 3.99. The van der Waals surface area contributed by atoms with Crippen LogP contribution in [0.4, 0.5) is 0 Å². The number of thiocarbonyl (C=S) groups is 1. The highest BCUT2D eigenvalue weighted by Gasteiger charge is 2.40. The Bertz CT molecular complexity index is 561. The van der Waals surface area contributed by atoms with Crippen LogP contribution in [0.5, 0.6) is 0 Å². The third-order valence-corrected chi connectivity index (χ3v) is 6.72. The molecule has 0 atom stereocenters. The van der Waals surface area contributed by atoms with Gasteiger partial charge < -0.3 is 5.73 Å². The van der Waals surface area contributed by atoms with Gasteiger partial charge in [0.15, 0.2) is 0 Å². The monoisotopic (exact) mass is 324 g/mol. The minimum absolute atomic E-state index is 0.190. The van der Waals surface area contributed by atoms with E-state index in [1.165, 1.54) is 6.07 Å². The first-order chi connectivity index (χ1) is 8.36. The molecule has 0 radical (unpaired) electrons. The van der Waals surface area contributed by atoms with Crippen LogP contribution < -0.4 is 10.5 Å². The van der Waals surface area contributed by atoms with Crippen molar-refractivity contribution >= 4 is 50.2 Å². The van der Waals surface area contributed by atoms with E-state index in [0.717, 1.165) is 24.2 Å². The van der Waals surface area contributed by atoms with Gasteiger partial charge in [-0.05, 0) is 25.0 Å². The van der Waals surface area contributed by atoms with Crippen LogP contribution in [-0.4, -0.2) is 18.9 Å². The summed E-state index contributed by atoms with van der Waals surface area (Å²) in [4.78, 5) is 0.214. The van der Waals surface area contributed by atoms with Crippen molar-refractivity contribution in [3.63, 3.8) is 0 Å². The Morgan fingerprint density at radius 1 is 1.44 bits per heavy atom. The molecule has 0 amide bonds. The van der Waals surface area contributed by atoms with Gasteiger partial charge in [-0.25, -0.2) is 8.42 Å². The molecule has 0 saturated heterocycles. The van der Waals surface area contributed by atoms with E-state index >= 15 is 0 Å². The third-order valence-electron chi connectivity index (χ3n) is 3.07. The number of nitrogens with two attached hydrogens (primary N) is 1. The molecule has 1 aromatic rings. The lowest BCUT2D eigenvalue weighted by atomic mass is 10.00. The van der Waals surface area contributed by atoms with E-state index in [9.17, 15) is 8.42 Å². The molecule has 18 heavy (non-hydrogen) atoms. The van der Waals surface area contributed by atoms with Crippen molar-refractivity contribution in [3.8, 4) is 0 Å². The minimum Gasteiger partial charge on any atom is -0.392 e. The van der Waals surface area contributed by atoms with E-state index in [4.69, 9.17) is 29.6 Å². The van der Waals surface area contributed by atoms with Crippen LogP contribution in [0.15, 0.2) is 16.3 Å². The van der Waals surface area contributed by atoms with Crippen LogP contribution in [0.3, 0.4) is 0 Å². The van der Waals surface area contributed by atoms with Crippen LogP contribution in [-0.2, 0) is 10.0 Å². The van der Waals surface area contributed by atoms with Crippen LogP contribution >= 0.6 is 35.2 Å². The van der Waals surface area contributed by atoms with Crippen molar-refractivity contribution in [2.75, 3.05) is 0 Å². The van der Waals surface area contributed by atoms with Crippen LogP contribution in [0.25, 0.3) is 0 Å². The molecule has 0 bridgehead atoms. The molecule has 0 unspecified atom stereocenters. The lowest BCUT2D eigenvalue weighted by Crippen LogP contribution is -2.54. The predicted octanol–water partition coefficient (Wildman–Crippen LogP) is 2.28. The zero-order chi connectivity index (χ0) is 13.4. The summed E-state index contributed by atoms with van der Waals surface area (Å²) in [6, 6.07) is 3.04. The molecule has 100 valence electrons. The van der Waals surface area contributed by atoms with Gasteiger partial charge in [0.25, 0.3) is 10.0 Å². The summed E-state index contributed by atoms with van der Waals surface area (Å²) >= 11 is 11.8. The number of sulfonamides is 1. The van der Waals surface area contributed by atoms with Gasteiger partial charge in [-0.1, -0.05) is 36.7 Å². The molecule has 1 aliphatic carbocycles. The first-order valence-electron chi connectivity index (χ1n) is 5.45. The van der Waals surface area contributed by atoms with E-state index < -0.39 is 15.6 Å². The Morgan fingerprint density at radius 2 is 2.06 bits per heavy atom. The predicted molar refractivity (Wildman–Crippen MR) is 77.6 cm³/mol. The average molecular weight is 325 g/mol. The van der Waals surface area contributed by atoms with Gasteiger partial charge in [-0.15, -0.1) is 11.3 Å². The van der Waals surface area contributed by atoms with Crippen LogP contribution in [0.2, 0.25) is 4.34 Å². The number of hydrogen-bond donors (Lipinski definition) is 2. The SMILES string of the molecule is NC(=S)C1(NS(=O)(=O)c2ccc(Cl)s2)CCCC1. The highest BCUT2D eigenvalue weighted by Crippen LogP contribution is 2.33. The third kappa shape index (κ3) is 2.70. The molecule has 0 aliphatic heterocycles. The molecular weight excluding hydrogens is 312 g/mol. The Balaban J connectivity index is 2.29. The second-order valence-corrected chi connectivity index (χ2v) is 8.38. The molecule has 1 heterocycles. The van der Waals surface area contributed by atoms with Crippen LogP contribution in [0.1, 0.15) is 25.7 Å². The van der Waals surface area contributed by atoms with E-state index in [-0.39, 0.29) is 9.20 Å². The number of rotatable bonds is 4. The first kappa shape index (κ1) is 14.2. The second-order valence-electron chi connectivity index (χ2n) is 4.32. The molecule has 1 aliphatic rings. The van der Waals surface area contributed by atoms with Crippen molar-refractivity contribution in [1.82, 2.24) is 4.72 Å². The Morgan fingerprint density at radius 3 is 2.50 bits per heavy atom. The lowest BCUT2D eigenvalue weighted by molar-refractivity contribution is 0.504. The average Bonchev–Trinajstić information content (AvgIpc) is 2.87. The van der Waals surface area contributed by atoms with Crippen molar-refractivity contribution in [1.29, 1.82) is 0 Å². The second kappa shape index (κ2) is 5.05. The van der Waals surface area contributed by atoms with Gasteiger partial charge in [-0.3, -0.25) is 0 Å². The Hall–Kier alpha value is -0.210. The normalized spacial score (nSPS) is 18.9. The Labute approximate surface area is 121 Å². The maximum atomic E-state index is 12.2. The van der Waals surface area contributed by atoms with Gasteiger partial charge in [0.2, 0.25) is 0 Å². The molecule has 0 aromatic carbocycles. The summed E-state index contributed by atoms with van der Waals surface area (Å²) in [7, 11) is -3.61. The van der Waals surface area contributed by atoms with E-state index in [1.807, 2.05) is 0 Å². The maximum Gasteiger partial charge on any atom is 0.250 e. The van der Waals surface area contributed by atoms with Crippen molar-refractivity contribution < 1.29 is 8.42 Å². The molecule has 1 saturated carbocycles. The number of thiophene rings is 1. The molecule has 3 N–H and O–H groups in total. The lowest BCUT2D eigenvalue weighted by Gasteiger charge is -2.28. The smallest absolute Gasteiger partial charge is 0.250 e. The van der Waals surface area contributed by atoms with Gasteiger partial charge in [-0.2, -0.15) is 4.72 Å². The van der Waals surface area contributed by atoms with E-state index in [1.54, 1.807) is 6.07 Å². The highest BCUT2D eigenvalue weighted by molar-refractivity contribution is 7.91. The number of halogens is 1. The van der Waals surface area contributed by atoms with Gasteiger partial charge in [0, 0.05) is 0 Å². The zero-order valence-corrected chi connectivity index (χ0v) is 12.7. The summed E-state index contributed by atoms with van der Waals surface area (Å²) in [6.07, 6.45) is 3.15. The fourth-order valence-electron chi connectivity index (χ4n) is 2.13. The fourth-order valence-corrected chi connectivity index (χ4v) is 5.37. The molecule has 2 rings (SSSR count). The summed E-state index contributed by atoms with van der Waals surface area (Å²) in [5.41, 5.74) is 4.93. The van der Waals surface area contributed by atoms with E-state index in [2.05, 4.69) is 4.72 Å². The highest BCUT2D eigenvalue weighted by atomic mass is 35.5. The maximum absolute atomic E-state index is 12.2. The zero-order valence-electron chi connectivity index (χ0n) is 9.48. The van der Waals surface area contributed by atoms with Crippen molar-refractivity contribution in [2.45, 2.75) is 35.4 Å². The van der Waals surface area contributed by atoms with Gasteiger partial charge >= 0.3 is 0 Å². The summed E-state index contributed by atoms with van der Waals surface area (Å²) in [5.74, 6) is 0. The van der Waals surface area contributed by atoms with Gasteiger partial charge in [0.05, 0.1) is 14.9 Å². The van der Waals surface area contributed by atoms with E-state index in [0.29, 0.717) is 17.2 Å². The summed E-state index contributed by atoms with van der Waals surface area (Å²) in [5, 5.41) is 0. The standard InChI is InChI=1S/C10H13ClN2O2S3/c11-7-3-4-8(17-7)18(14,15)13-10(9(12)16)5-1-2-6-10/h3-4,13H,1-2,5-6H2,(H2,12,16). The minimum atomic E-state index is -3.61. The molecule has 0 spiro atoms. The molecular formula is C10H13ClN2O2S3. The summed E-state index contributed by atoms with van der Waals surface area (Å²) < 4.78 is 27.8. The largest absolute Gasteiger partial charge is 0.392 e. The van der Waals surface area contributed by atoms with Crippen molar-refractivity contribution in [2.24, 2.45) is 5.73 Å². The molecule has 1 aromatic heterocycles. The summed E-state index contributed by atoms with van der Waals surface area (Å²) in [6.45, 7) is 0. The van der Waals surface area contributed by atoms with Gasteiger partial charge in [0.1, 0.15) is 4.21 Å².